The zero-order chi connectivity index (χ0) is 9.10. The van der Waals surface area contributed by atoms with Gasteiger partial charge in [-0.05, 0) is 11.1 Å². The van der Waals surface area contributed by atoms with E-state index < -0.39 is 0 Å². The van der Waals surface area contributed by atoms with Crippen LogP contribution in [-0.4, -0.2) is 20.4 Å². The topological polar surface area (TPSA) is 83.4 Å². The third kappa shape index (κ3) is 1.59. The van der Waals surface area contributed by atoms with E-state index >= 15 is 0 Å². The minimum atomic E-state index is 0.493. The third-order valence-corrected chi connectivity index (χ3v) is 1.96. The van der Waals surface area contributed by atoms with Crippen LogP contribution >= 0.6 is 0 Å². The van der Waals surface area contributed by atoms with Crippen molar-refractivity contribution in [3.8, 4) is 0 Å². The number of nitrogens with one attached hydrogen (secondary N) is 2. The van der Waals surface area contributed by atoms with Crippen molar-refractivity contribution in [3.63, 3.8) is 0 Å². The van der Waals surface area contributed by atoms with E-state index in [-0.39, 0.29) is 0 Å². The Morgan fingerprint density at radius 1 is 1.31 bits per heavy atom. The van der Waals surface area contributed by atoms with Crippen molar-refractivity contribution < 1.29 is 0 Å². The molecule has 2 aromatic rings. The maximum Gasteiger partial charge on any atom is 0.0526 e. The number of hydrogen-bond acceptors (Lipinski definition) is 3. The molecule has 0 aromatic carbocycles. The molecule has 0 atom stereocenters. The summed E-state index contributed by atoms with van der Waals surface area (Å²) in [6, 6.07) is 0. The molecule has 0 saturated heterocycles. The fraction of sp³-hybridized carbons (Fsp3) is 0.250. The summed E-state index contributed by atoms with van der Waals surface area (Å²) in [5, 5.41) is 13.4. The number of aromatic nitrogens is 4. The molecule has 0 radical (unpaired) electrons. The molecule has 0 bridgehead atoms. The van der Waals surface area contributed by atoms with Gasteiger partial charge in [-0.15, -0.1) is 0 Å². The third-order valence-electron chi connectivity index (χ3n) is 1.96. The van der Waals surface area contributed by atoms with Crippen molar-refractivity contribution in [1.29, 1.82) is 0 Å². The Balaban J connectivity index is 2.18. The van der Waals surface area contributed by atoms with E-state index in [0.717, 1.165) is 23.2 Å². The van der Waals surface area contributed by atoms with Crippen LogP contribution in [0.5, 0.6) is 0 Å². The molecule has 0 fully saturated rings. The van der Waals surface area contributed by atoms with Crippen molar-refractivity contribution in [1.82, 2.24) is 20.4 Å². The Morgan fingerprint density at radius 3 is 2.92 bits per heavy atom. The number of hydrogen-bond donors (Lipinski definition) is 3. The SMILES string of the molecule is NCc1[nH]ncc1Cc1cn[nH]c1. The quantitative estimate of drug-likeness (QED) is 0.625. The van der Waals surface area contributed by atoms with Gasteiger partial charge in [0.1, 0.15) is 0 Å². The summed E-state index contributed by atoms with van der Waals surface area (Å²) in [6.45, 7) is 0.493. The first-order valence-electron chi connectivity index (χ1n) is 4.09. The first kappa shape index (κ1) is 8.00. The average Bonchev–Trinajstić information content (AvgIpc) is 2.76. The normalized spacial score (nSPS) is 10.5. The van der Waals surface area contributed by atoms with Gasteiger partial charge < -0.3 is 5.73 Å². The van der Waals surface area contributed by atoms with E-state index in [0.29, 0.717) is 6.54 Å². The first-order valence-corrected chi connectivity index (χ1v) is 4.09. The lowest BCUT2D eigenvalue weighted by molar-refractivity contribution is 0.933. The molecular weight excluding hydrogens is 166 g/mol. The van der Waals surface area contributed by atoms with Crippen LogP contribution in [0, 0.1) is 0 Å². The van der Waals surface area contributed by atoms with Gasteiger partial charge in [-0.25, -0.2) is 0 Å². The molecule has 5 nitrogen and oxygen atoms in total. The number of rotatable bonds is 3. The molecule has 0 unspecified atom stereocenters. The molecule has 13 heavy (non-hydrogen) atoms. The van der Waals surface area contributed by atoms with Gasteiger partial charge >= 0.3 is 0 Å². The Bertz CT molecular complexity index is 362. The summed E-state index contributed by atoms with van der Waals surface area (Å²) in [4.78, 5) is 0. The Morgan fingerprint density at radius 2 is 2.23 bits per heavy atom. The standard InChI is InChI=1S/C8H11N5/c9-2-8-7(5-12-13-8)1-6-3-10-11-4-6/h3-5H,1-2,9H2,(H,10,11)(H,12,13). The van der Waals surface area contributed by atoms with Crippen LogP contribution in [0.3, 0.4) is 0 Å². The molecule has 5 heteroatoms. The Hall–Kier alpha value is -1.62. The highest BCUT2D eigenvalue weighted by molar-refractivity contribution is 5.23. The van der Waals surface area contributed by atoms with Gasteiger partial charge in [-0.1, -0.05) is 0 Å². The van der Waals surface area contributed by atoms with Crippen LogP contribution in [-0.2, 0) is 13.0 Å². The largest absolute Gasteiger partial charge is 0.325 e. The van der Waals surface area contributed by atoms with Crippen molar-refractivity contribution in [2.45, 2.75) is 13.0 Å². The van der Waals surface area contributed by atoms with Gasteiger partial charge in [-0.2, -0.15) is 10.2 Å². The predicted molar refractivity (Wildman–Crippen MR) is 47.9 cm³/mol. The molecule has 0 aliphatic rings. The van der Waals surface area contributed by atoms with E-state index in [2.05, 4.69) is 20.4 Å². The molecule has 2 aromatic heterocycles. The summed E-state index contributed by atoms with van der Waals surface area (Å²) < 4.78 is 0. The number of nitrogens with two attached hydrogens (primary N) is 1. The summed E-state index contributed by atoms with van der Waals surface area (Å²) in [6.07, 6.45) is 6.29. The van der Waals surface area contributed by atoms with Gasteiger partial charge in [-0.3, -0.25) is 10.2 Å². The first-order chi connectivity index (χ1) is 6.40. The van der Waals surface area contributed by atoms with Crippen LogP contribution < -0.4 is 5.73 Å². The van der Waals surface area contributed by atoms with Gasteiger partial charge in [0.25, 0.3) is 0 Å². The smallest absolute Gasteiger partial charge is 0.0526 e. The molecule has 0 spiro atoms. The molecule has 2 heterocycles. The van der Waals surface area contributed by atoms with Crippen molar-refractivity contribution in [2.24, 2.45) is 5.73 Å². The highest BCUT2D eigenvalue weighted by atomic mass is 15.1. The van der Waals surface area contributed by atoms with Crippen LogP contribution in [0.1, 0.15) is 16.8 Å². The molecule has 0 aliphatic carbocycles. The van der Waals surface area contributed by atoms with Crippen LogP contribution in [0.4, 0.5) is 0 Å². The summed E-state index contributed by atoms with van der Waals surface area (Å²) in [5.74, 6) is 0. The lowest BCUT2D eigenvalue weighted by Crippen LogP contribution is -2.00. The predicted octanol–water partition coefficient (Wildman–Crippen LogP) is 0.182. The fourth-order valence-electron chi connectivity index (χ4n) is 1.26. The fourth-order valence-corrected chi connectivity index (χ4v) is 1.26. The summed E-state index contributed by atoms with van der Waals surface area (Å²) in [5.41, 5.74) is 8.78. The molecule has 2 rings (SSSR count). The van der Waals surface area contributed by atoms with E-state index in [1.807, 2.05) is 6.20 Å². The molecule has 68 valence electrons. The second-order valence-electron chi connectivity index (χ2n) is 2.86. The second-order valence-corrected chi connectivity index (χ2v) is 2.86. The van der Waals surface area contributed by atoms with Crippen molar-refractivity contribution in [3.05, 3.63) is 35.4 Å². The molecule has 0 aliphatic heterocycles. The molecule has 0 amide bonds. The minimum Gasteiger partial charge on any atom is -0.325 e. The number of aromatic amines is 2. The van der Waals surface area contributed by atoms with Gasteiger partial charge in [0, 0.05) is 19.2 Å². The Kier molecular flexibility index (Phi) is 2.09. The monoisotopic (exact) mass is 177 g/mol. The number of H-pyrrole nitrogens is 2. The lowest BCUT2D eigenvalue weighted by Gasteiger charge is -1.96. The highest BCUT2D eigenvalue weighted by Crippen LogP contribution is 2.09. The van der Waals surface area contributed by atoms with Crippen LogP contribution in [0.2, 0.25) is 0 Å². The van der Waals surface area contributed by atoms with Gasteiger partial charge in [0.15, 0.2) is 0 Å². The van der Waals surface area contributed by atoms with E-state index in [4.69, 9.17) is 5.73 Å². The van der Waals surface area contributed by atoms with Gasteiger partial charge in [0.2, 0.25) is 0 Å². The maximum absolute atomic E-state index is 5.53. The van der Waals surface area contributed by atoms with Crippen molar-refractivity contribution in [2.75, 3.05) is 0 Å². The summed E-state index contributed by atoms with van der Waals surface area (Å²) >= 11 is 0. The van der Waals surface area contributed by atoms with Gasteiger partial charge in [0.05, 0.1) is 18.1 Å². The number of nitrogens with zero attached hydrogens (tertiary/aromatic N) is 2. The lowest BCUT2D eigenvalue weighted by atomic mass is 10.1. The van der Waals surface area contributed by atoms with Crippen LogP contribution in [0.25, 0.3) is 0 Å². The second kappa shape index (κ2) is 3.40. The highest BCUT2D eigenvalue weighted by Gasteiger charge is 2.04. The minimum absolute atomic E-state index is 0.493. The van der Waals surface area contributed by atoms with E-state index in [1.165, 1.54) is 0 Å². The van der Waals surface area contributed by atoms with Crippen LogP contribution in [0.15, 0.2) is 18.6 Å². The molecule has 4 N–H and O–H groups in total. The summed E-state index contributed by atoms with van der Waals surface area (Å²) in [7, 11) is 0. The van der Waals surface area contributed by atoms with E-state index in [1.54, 1.807) is 12.4 Å². The molecular formula is C8H11N5. The Labute approximate surface area is 75.4 Å². The van der Waals surface area contributed by atoms with E-state index in [9.17, 15) is 0 Å². The zero-order valence-electron chi connectivity index (χ0n) is 7.12. The average molecular weight is 177 g/mol. The van der Waals surface area contributed by atoms with Crippen molar-refractivity contribution >= 4 is 0 Å². The zero-order valence-corrected chi connectivity index (χ0v) is 7.12. The molecule has 0 saturated carbocycles. The maximum atomic E-state index is 5.53.